The van der Waals surface area contributed by atoms with Gasteiger partial charge in [-0.15, -0.1) is 0 Å². The number of aromatic carboxylic acids is 1. The quantitative estimate of drug-likeness (QED) is 0.680. The SMILES string of the molecule is CNC(=O)CNc1cc(C)ncc1C(=O)O. The van der Waals surface area contributed by atoms with Crippen LogP contribution in [0.1, 0.15) is 16.1 Å². The minimum atomic E-state index is -1.08. The number of pyridine rings is 1. The van der Waals surface area contributed by atoms with Crippen molar-refractivity contribution in [3.63, 3.8) is 0 Å². The summed E-state index contributed by atoms with van der Waals surface area (Å²) in [5, 5.41) is 14.1. The third kappa shape index (κ3) is 2.94. The molecule has 6 nitrogen and oxygen atoms in total. The van der Waals surface area contributed by atoms with Crippen molar-refractivity contribution in [1.82, 2.24) is 10.3 Å². The van der Waals surface area contributed by atoms with Crippen LogP contribution in [0.3, 0.4) is 0 Å². The third-order valence-corrected chi connectivity index (χ3v) is 1.99. The highest BCUT2D eigenvalue weighted by Gasteiger charge is 2.11. The second-order valence-electron chi connectivity index (χ2n) is 3.20. The Morgan fingerprint density at radius 3 is 2.75 bits per heavy atom. The number of nitrogens with zero attached hydrogens (tertiary/aromatic N) is 1. The predicted molar refractivity (Wildman–Crippen MR) is 58.5 cm³/mol. The molecule has 0 aliphatic carbocycles. The maximum atomic E-state index is 11.0. The van der Waals surface area contributed by atoms with Gasteiger partial charge >= 0.3 is 5.97 Å². The molecule has 0 radical (unpaired) electrons. The number of hydrogen-bond acceptors (Lipinski definition) is 4. The van der Waals surface area contributed by atoms with Crippen LogP contribution in [0.5, 0.6) is 0 Å². The van der Waals surface area contributed by atoms with E-state index in [1.807, 2.05) is 0 Å². The van der Waals surface area contributed by atoms with Gasteiger partial charge in [-0.3, -0.25) is 9.78 Å². The van der Waals surface area contributed by atoms with E-state index in [-0.39, 0.29) is 18.0 Å². The number of anilines is 1. The number of aromatic nitrogens is 1. The molecule has 1 aromatic heterocycles. The highest BCUT2D eigenvalue weighted by atomic mass is 16.4. The fourth-order valence-electron chi connectivity index (χ4n) is 1.14. The lowest BCUT2D eigenvalue weighted by Crippen LogP contribution is -2.26. The van der Waals surface area contributed by atoms with Crippen molar-refractivity contribution in [2.24, 2.45) is 0 Å². The number of nitrogens with one attached hydrogen (secondary N) is 2. The lowest BCUT2D eigenvalue weighted by Gasteiger charge is -2.09. The van der Waals surface area contributed by atoms with Gasteiger partial charge in [0.05, 0.1) is 12.2 Å². The molecule has 0 unspecified atom stereocenters. The molecule has 16 heavy (non-hydrogen) atoms. The number of carbonyl (C=O) groups is 2. The van der Waals surface area contributed by atoms with Gasteiger partial charge in [-0.2, -0.15) is 0 Å². The number of hydrogen-bond donors (Lipinski definition) is 3. The lowest BCUT2D eigenvalue weighted by atomic mass is 10.2. The first-order chi connectivity index (χ1) is 7.54. The van der Waals surface area contributed by atoms with Crippen LogP contribution in [0.4, 0.5) is 5.69 Å². The maximum absolute atomic E-state index is 11.0. The summed E-state index contributed by atoms with van der Waals surface area (Å²) in [6, 6.07) is 1.59. The van der Waals surface area contributed by atoms with Gasteiger partial charge in [-0.25, -0.2) is 4.79 Å². The fourth-order valence-corrected chi connectivity index (χ4v) is 1.14. The van der Waals surface area contributed by atoms with Crippen molar-refractivity contribution < 1.29 is 14.7 Å². The Balaban J connectivity index is 2.88. The van der Waals surface area contributed by atoms with Crippen molar-refractivity contribution in [3.8, 4) is 0 Å². The molecule has 0 aliphatic rings. The normalized spacial score (nSPS) is 9.62. The van der Waals surface area contributed by atoms with E-state index in [1.165, 1.54) is 13.2 Å². The third-order valence-electron chi connectivity index (χ3n) is 1.99. The highest BCUT2D eigenvalue weighted by Crippen LogP contribution is 2.15. The number of likely N-dealkylation sites (N-methyl/N-ethyl adjacent to an activating group) is 1. The number of carboxylic acids is 1. The summed E-state index contributed by atoms with van der Waals surface area (Å²) < 4.78 is 0. The van der Waals surface area contributed by atoms with Crippen molar-refractivity contribution in [1.29, 1.82) is 0 Å². The van der Waals surface area contributed by atoms with Crippen LogP contribution in [-0.2, 0) is 4.79 Å². The first-order valence-corrected chi connectivity index (χ1v) is 4.69. The molecule has 1 heterocycles. The Hall–Kier alpha value is -2.11. The van der Waals surface area contributed by atoms with Crippen molar-refractivity contribution in [3.05, 3.63) is 23.5 Å². The molecule has 1 rings (SSSR count). The summed E-state index contributed by atoms with van der Waals surface area (Å²) in [4.78, 5) is 25.8. The van der Waals surface area contributed by atoms with Crippen LogP contribution in [0, 0.1) is 6.92 Å². The Morgan fingerprint density at radius 2 is 2.19 bits per heavy atom. The minimum Gasteiger partial charge on any atom is -0.478 e. The van der Waals surface area contributed by atoms with E-state index in [0.717, 1.165) is 0 Å². The molecule has 0 saturated carbocycles. The minimum absolute atomic E-state index is 0.0280. The monoisotopic (exact) mass is 223 g/mol. The number of amides is 1. The van der Waals surface area contributed by atoms with Crippen molar-refractivity contribution in [2.75, 3.05) is 18.9 Å². The zero-order valence-electron chi connectivity index (χ0n) is 9.07. The highest BCUT2D eigenvalue weighted by molar-refractivity contribution is 5.94. The second kappa shape index (κ2) is 5.11. The zero-order chi connectivity index (χ0) is 12.1. The number of carbonyl (C=O) groups excluding carboxylic acids is 1. The van der Waals surface area contributed by atoms with E-state index >= 15 is 0 Å². The van der Waals surface area contributed by atoms with E-state index in [2.05, 4.69) is 15.6 Å². The van der Waals surface area contributed by atoms with Crippen LogP contribution in [-0.4, -0.2) is 35.6 Å². The summed E-state index contributed by atoms with van der Waals surface area (Å²) in [6.07, 6.45) is 1.27. The molecule has 6 heteroatoms. The predicted octanol–water partition coefficient (Wildman–Crippen LogP) is 0.246. The van der Waals surface area contributed by atoms with Gasteiger partial charge in [-0.1, -0.05) is 0 Å². The molecular weight excluding hydrogens is 210 g/mol. The second-order valence-corrected chi connectivity index (χ2v) is 3.20. The maximum Gasteiger partial charge on any atom is 0.339 e. The topological polar surface area (TPSA) is 91.3 Å². The van der Waals surface area contributed by atoms with E-state index < -0.39 is 5.97 Å². The Morgan fingerprint density at radius 1 is 1.50 bits per heavy atom. The standard InChI is InChI=1S/C10H13N3O3/c1-6-3-8(13-5-9(14)11-2)7(4-12-6)10(15)16/h3-4H,5H2,1-2H3,(H,11,14)(H,12,13)(H,15,16). The van der Waals surface area contributed by atoms with E-state index in [0.29, 0.717) is 11.4 Å². The number of aryl methyl sites for hydroxylation is 1. The summed E-state index contributed by atoms with van der Waals surface area (Å²) in [7, 11) is 1.51. The first kappa shape index (κ1) is 12.0. The molecule has 1 aromatic rings. The molecule has 3 N–H and O–H groups in total. The summed E-state index contributed by atoms with van der Waals surface area (Å²) in [6.45, 7) is 1.77. The van der Waals surface area contributed by atoms with E-state index in [4.69, 9.17) is 5.11 Å². The molecule has 0 fully saturated rings. The number of rotatable bonds is 4. The molecule has 0 aliphatic heterocycles. The van der Waals surface area contributed by atoms with Crippen LogP contribution in [0.2, 0.25) is 0 Å². The van der Waals surface area contributed by atoms with Crippen LogP contribution in [0.15, 0.2) is 12.3 Å². The Bertz CT molecular complexity index is 418. The molecule has 0 atom stereocenters. The molecule has 1 amide bonds. The van der Waals surface area contributed by atoms with Crippen LogP contribution < -0.4 is 10.6 Å². The summed E-state index contributed by atoms with van der Waals surface area (Å²) in [5.74, 6) is -1.29. The first-order valence-electron chi connectivity index (χ1n) is 4.69. The van der Waals surface area contributed by atoms with Crippen LogP contribution >= 0.6 is 0 Å². The molecular formula is C10H13N3O3. The van der Waals surface area contributed by atoms with Gasteiger partial charge in [0.2, 0.25) is 5.91 Å². The van der Waals surface area contributed by atoms with Gasteiger partial charge in [0, 0.05) is 18.9 Å². The largest absolute Gasteiger partial charge is 0.478 e. The number of carboxylic acid groups (broad SMARTS) is 1. The van der Waals surface area contributed by atoms with Crippen molar-refractivity contribution in [2.45, 2.75) is 6.92 Å². The lowest BCUT2D eigenvalue weighted by molar-refractivity contribution is -0.118. The van der Waals surface area contributed by atoms with Gasteiger partial charge in [0.1, 0.15) is 5.56 Å². The zero-order valence-corrected chi connectivity index (χ0v) is 9.07. The van der Waals surface area contributed by atoms with Gasteiger partial charge in [0.15, 0.2) is 0 Å². The van der Waals surface area contributed by atoms with E-state index in [9.17, 15) is 9.59 Å². The molecule has 0 aromatic carbocycles. The van der Waals surface area contributed by atoms with Gasteiger partial charge < -0.3 is 15.7 Å². The smallest absolute Gasteiger partial charge is 0.339 e. The molecule has 86 valence electrons. The van der Waals surface area contributed by atoms with Gasteiger partial charge in [-0.05, 0) is 13.0 Å². The van der Waals surface area contributed by atoms with Crippen LogP contribution in [0.25, 0.3) is 0 Å². The summed E-state index contributed by atoms with van der Waals surface area (Å²) in [5.41, 5.74) is 1.13. The Labute approximate surface area is 92.7 Å². The average Bonchev–Trinajstić information content (AvgIpc) is 2.25. The molecule has 0 saturated heterocycles. The fraction of sp³-hybridized carbons (Fsp3) is 0.300. The summed E-state index contributed by atoms with van der Waals surface area (Å²) >= 11 is 0. The van der Waals surface area contributed by atoms with Crippen molar-refractivity contribution >= 4 is 17.6 Å². The average molecular weight is 223 g/mol. The molecule has 0 spiro atoms. The van der Waals surface area contributed by atoms with E-state index in [1.54, 1.807) is 13.0 Å². The molecule has 0 bridgehead atoms. The Kier molecular flexibility index (Phi) is 3.82. The van der Waals surface area contributed by atoms with Gasteiger partial charge in [0.25, 0.3) is 0 Å².